The highest BCUT2D eigenvalue weighted by Crippen LogP contribution is 2.23. The highest BCUT2D eigenvalue weighted by molar-refractivity contribution is 7.09. The molecule has 8 heteroatoms. The van der Waals surface area contributed by atoms with Crippen LogP contribution in [-0.2, 0) is 17.6 Å². The summed E-state index contributed by atoms with van der Waals surface area (Å²) in [4.78, 5) is 21.6. The van der Waals surface area contributed by atoms with Gasteiger partial charge in [-0.2, -0.15) is 4.37 Å². The number of carbonyl (C=O) groups excluding carboxylic acids is 1. The van der Waals surface area contributed by atoms with Crippen LogP contribution in [0.25, 0.3) is 0 Å². The van der Waals surface area contributed by atoms with Crippen LogP contribution in [0.3, 0.4) is 0 Å². The second-order valence-electron chi connectivity index (χ2n) is 7.71. The minimum absolute atomic E-state index is 0.0624. The van der Waals surface area contributed by atoms with Crippen molar-refractivity contribution in [2.75, 3.05) is 31.6 Å². The van der Waals surface area contributed by atoms with Gasteiger partial charge in [-0.3, -0.25) is 4.79 Å². The van der Waals surface area contributed by atoms with Gasteiger partial charge in [-0.15, -0.1) is 0 Å². The van der Waals surface area contributed by atoms with Crippen molar-refractivity contribution in [1.29, 1.82) is 0 Å². The van der Waals surface area contributed by atoms with Gasteiger partial charge in [-0.05, 0) is 42.3 Å². The zero-order valence-electron chi connectivity index (χ0n) is 17.6. The lowest BCUT2D eigenvalue weighted by atomic mass is 10.1. The maximum Gasteiger partial charge on any atom is 0.227 e. The number of hydrogen-bond donors (Lipinski definition) is 0. The molecule has 3 aromatic rings. The molecule has 2 heterocycles. The fourth-order valence-electron chi connectivity index (χ4n) is 3.79. The van der Waals surface area contributed by atoms with Crippen molar-refractivity contribution in [3.05, 3.63) is 71.3 Å². The summed E-state index contributed by atoms with van der Waals surface area (Å²) in [7, 11) is 1.66. The normalized spacial score (nSPS) is 16.4. The Morgan fingerprint density at radius 3 is 2.74 bits per heavy atom. The summed E-state index contributed by atoms with van der Waals surface area (Å²) in [5, 5.41) is 0.885. The maximum atomic E-state index is 13.1. The number of halogens is 1. The van der Waals surface area contributed by atoms with Crippen molar-refractivity contribution in [3.63, 3.8) is 0 Å². The molecule has 4 rings (SSSR count). The number of amides is 1. The van der Waals surface area contributed by atoms with E-state index in [1.54, 1.807) is 19.2 Å². The third-order valence-electron chi connectivity index (χ3n) is 5.44. The molecule has 0 radical (unpaired) electrons. The second kappa shape index (κ2) is 9.43. The first-order chi connectivity index (χ1) is 15.0. The van der Waals surface area contributed by atoms with E-state index < -0.39 is 0 Å². The molecule has 6 nitrogen and oxygen atoms in total. The number of rotatable bonds is 6. The van der Waals surface area contributed by atoms with Gasteiger partial charge < -0.3 is 14.5 Å². The molecule has 1 unspecified atom stereocenters. The standard InChI is InChI=1S/C23H25FN4O2S/c1-16-15-27(10-11-28(16)22(29)14-17-6-8-19(24)9-7-17)23-25-21(26-31-23)13-18-4-3-5-20(12-18)30-2/h3-9,12,16H,10-11,13-15H2,1-2H3. The van der Waals surface area contributed by atoms with Crippen LogP contribution in [0.2, 0.25) is 0 Å². The van der Waals surface area contributed by atoms with Crippen LogP contribution in [0.4, 0.5) is 9.52 Å². The van der Waals surface area contributed by atoms with Crippen LogP contribution in [0.5, 0.6) is 5.75 Å². The number of nitrogens with zero attached hydrogens (tertiary/aromatic N) is 4. The van der Waals surface area contributed by atoms with Crippen LogP contribution in [-0.4, -0.2) is 53.0 Å². The largest absolute Gasteiger partial charge is 0.497 e. The average Bonchev–Trinajstić information content (AvgIpc) is 3.23. The first-order valence-electron chi connectivity index (χ1n) is 10.3. The molecule has 0 N–H and O–H groups in total. The van der Waals surface area contributed by atoms with E-state index in [-0.39, 0.29) is 24.2 Å². The molecule has 1 aliphatic rings. The van der Waals surface area contributed by atoms with Gasteiger partial charge >= 0.3 is 0 Å². The zero-order chi connectivity index (χ0) is 21.8. The number of piperazine rings is 1. The van der Waals surface area contributed by atoms with E-state index in [9.17, 15) is 9.18 Å². The monoisotopic (exact) mass is 440 g/mol. The van der Waals surface area contributed by atoms with E-state index in [4.69, 9.17) is 9.72 Å². The second-order valence-corrected chi connectivity index (χ2v) is 8.44. The summed E-state index contributed by atoms with van der Waals surface area (Å²) in [5.41, 5.74) is 1.93. The first-order valence-corrected chi connectivity index (χ1v) is 11.0. The molecule has 1 amide bonds. The zero-order valence-corrected chi connectivity index (χ0v) is 18.4. The van der Waals surface area contributed by atoms with Crippen molar-refractivity contribution in [1.82, 2.24) is 14.3 Å². The van der Waals surface area contributed by atoms with Crippen LogP contribution in [0.1, 0.15) is 23.9 Å². The van der Waals surface area contributed by atoms with E-state index in [1.807, 2.05) is 36.1 Å². The third kappa shape index (κ3) is 5.19. The highest BCUT2D eigenvalue weighted by atomic mass is 32.1. The summed E-state index contributed by atoms with van der Waals surface area (Å²) in [6.45, 7) is 4.11. The van der Waals surface area contributed by atoms with Crippen molar-refractivity contribution < 1.29 is 13.9 Å². The summed E-state index contributed by atoms with van der Waals surface area (Å²) in [6.07, 6.45) is 0.938. The lowest BCUT2D eigenvalue weighted by molar-refractivity contribution is -0.132. The quantitative estimate of drug-likeness (QED) is 0.587. The Labute approximate surface area is 185 Å². The Hall–Kier alpha value is -3.00. The number of methoxy groups -OCH3 is 1. The lowest BCUT2D eigenvalue weighted by Gasteiger charge is -2.39. The lowest BCUT2D eigenvalue weighted by Crippen LogP contribution is -2.54. The van der Waals surface area contributed by atoms with Crippen LogP contribution in [0, 0.1) is 5.82 Å². The Morgan fingerprint density at radius 1 is 1.19 bits per heavy atom. The molecule has 162 valence electrons. The molecular weight excluding hydrogens is 415 g/mol. The van der Waals surface area contributed by atoms with Gasteiger partial charge in [0.2, 0.25) is 11.0 Å². The van der Waals surface area contributed by atoms with Crippen LogP contribution < -0.4 is 9.64 Å². The van der Waals surface area contributed by atoms with Gasteiger partial charge in [0.05, 0.1) is 13.5 Å². The predicted octanol–water partition coefficient (Wildman–Crippen LogP) is 3.56. The maximum absolute atomic E-state index is 13.1. The van der Waals surface area contributed by atoms with Gasteiger partial charge in [0, 0.05) is 43.6 Å². The predicted molar refractivity (Wildman–Crippen MR) is 119 cm³/mol. The van der Waals surface area contributed by atoms with Gasteiger partial charge in [0.1, 0.15) is 17.4 Å². The molecule has 1 aliphatic heterocycles. The van der Waals surface area contributed by atoms with E-state index >= 15 is 0 Å². The van der Waals surface area contributed by atoms with Gasteiger partial charge in [0.25, 0.3) is 0 Å². The van der Waals surface area contributed by atoms with Crippen molar-refractivity contribution >= 4 is 22.6 Å². The Morgan fingerprint density at radius 2 is 2.00 bits per heavy atom. The summed E-state index contributed by atoms with van der Waals surface area (Å²) >= 11 is 1.40. The Kier molecular flexibility index (Phi) is 6.46. The van der Waals surface area contributed by atoms with Crippen LogP contribution >= 0.6 is 11.5 Å². The smallest absolute Gasteiger partial charge is 0.227 e. The van der Waals surface area contributed by atoms with E-state index in [0.29, 0.717) is 26.1 Å². The van der Waals surface area contributed by atoms with Gasteiger partial charge in [-0.1, -0.05) is 24.3 Å². The van der Waals surface area contributed by atoms with Crippen molar-refractivity contribution in [2.24, 2.45) is 0 Å². The highest BCUT2D eigenvalue weighted by Gasteiger charge is 2.29. The topological polar surface area (TPSA) is 58.6 Å². The Balaban J connectivity index is 1.35. The Bertz CT molecular complexity index is 1040. The summed E-state index contributed by atoms with van der Waals surface area (Å²) in [6, 6.07) is 14.1. The van der Waals surface area contributed by atoms with Crippen molar-refractivity contribution in [2.45, 2.75) is 25.8 Å². The summed E-state index contributed by atoms with van der Waals surface area (Å²) in [5.74, 6) is 1.38. The molecule has 1 aromatic heterocycles. The SMILES string of the molecule is COc1cccc(Cc2nsc(N3CCN(C(=O)Cc4ccc(F)cc4)C(C)C3)n2)c1. The third-order valence-corrected chi connectivity index (χ3v) is 6.26. The molecule has 0 aliphatic carbocycles. The fraction of sp³-hybridized carbons (Fsp3) is 0.348. The molecule has 2 aromatic carbocycles. The van der Waals surface area contributed by atoms with Crippen LogP contribution in [0.15, 0.2) is 48.5 Å². The molecule has 0 spiro atoms. The molecule has 0 saturated carbocycles. The van der Waals surface area contributed by atoms with Gasteiger partial charge in [0.15, 0.2) is 0 Å². The molecule has 0 bridgehead atoms. The minimum atomic E-state index is -0.291. The molecular formula is C23H25FN4O2S. The molecule has 31 heavy (non-hydrogen) atoms. The average molecular weight is 441 g/mol. The number of anilines is 1. The first kappa shape index (κ1) is 21.2. The molecule has 1 fully saturated rings. The van der Waals surface area contributed by atoms with E-state index in [0.717, 1.165) is 27.8 Å². The van der Waals surface area contributed by atoms with E-state index in [1.165, 1.54) is 23.7 Å². The minimum Gasteiger partial charge on any atom is -0.497 e. The van der Waals surface area contributed by atoms with Gasteiger partial charge in [-0.25, -0.2) is 9.37 Å². The number of hydrogen-bond acceptors (Lipinski definition) is 6. The number of aromatic nitrogens is 2. The molecule has 1 saturated heterocycles. The number of carbonyl (C=O) groups is 1. The summed E-state index contributed by atoms with van der Waals surface area (Å²) < 4.78 is 22.9. The van der Waals surface area contributed by atoms with Crippen molar-refractivity contribution in [3.8, 4) is 5.75 Å². The number of benzene rings is 2. The number of ether oxygens (including phenoxy) is 1. The molecule has 1 atom stereocenters. The fourth-order valence-corrected chi connectivity index (χ4v) is 4.51. The van der Waals surface area contributed by atoms with E-state index in [2.05, 4.69) is 9.27 Å².